The molecule has 2 aromatic carbocycles. The molecule has 0 aliphatic rings. The number of anilines is 1. The molecule has 94 valence electrons. The number of methoxy groups -OCH3 is 1. The lowest BCUT2D eigenvalue weighted by Gasteiger charge is -2.11. The van der Waals surface area contributed by atoms with Gasteiger partial charge in [-0.2, -0.15) is 0 Å². The molecular weight excluding hydrogens is 226 g/mol. The summed E-state index contributed by atoms with van der Waals surface area (Å²) in [6.45, 7) is 0.753. The van der Waals surface area contributed by atoms with E-state index in [2.05, 4.69) is 5.32 Å². The highest BCUT2D eigenvalue weighted by Crippen LogP contribution is 2.19. The Hall–Kier alpha value is -2.00. The lowest BCUT2D eigenvalue weighted by molar-refractivity contribution is 0.282. The molecule has 0 aliphatic carbocycles. The Bertz CT molecular complexity index is 511. The summed E-state index contributed by atoms with van der Waals surface area (Å²) < 4.78 is 5.30. The van der Waals surface area contributed by atoms with Gasteiger partial charge in [-0.15, -0.1) is 0 Å². The number of rotatable bonds is 5. The minimum Gasteiger partial charge on any atom is -0.496 e. The Morgan fingerprint density at radius 3 is 2.72 bits per heavy atom. The highest BCUT2D eigenvalue weighted by molar-refractivity contribution is 5.47. The van der Waals surface area contributed by atoms with Gasteiger partial charge in [-0.1, -0.05) is 30.3 Å². The molecule has 0 radical (unpaired) electrons. The van der Waals surface area contributed by atoms with Gasteiger partial charge in [0.2, 0.25) is 0 Å². The summed E-state index contributed by atoms with van der Waals surface area (Å²) in [6.07, 6.45) is 0. The first kappa shape index (κ1) is 12.5. The molecule has 2 rings (SSSR count). The Morgan fingerprint density at radius 1 is 1.11 bits per heavy atom. The lowest BCUT2D eigenvalue weighted by Crippen LogP contribution is -2.01. The Kier molecular flexibility index (Phi) is 4.20. The summed E-state index contributed by atoms with van der Waals surface area (Å²) in [7, 11) is 1.67. The number of hydrogen-bond donors (Lipinski definition) is 2. The molecule has 0 heterocycles. The second-order valence-corrected chi connectivity index (χ2v) is 4.02. The first-order valence-electron chi connectivity index (χ1n) is 5.89. The van der Waals surface area contributed by atoms with E-state index in [0.717, 1.165) is 22.6 Å². The van der Waals surface area contributed by atoms with Crippen molar-refractivity contribution in [3.05, 3.63) is 59.7 Å². The van der Waals surface area contributed by atoms with Crippen molar-refractivity contribution in [2.45, 2.75) is 13.2 Å². The van der Waals surface area contributed by atoms with E-state index in [-0.39, 0.29) is 6.61 Å². The van der Waals surface area contributed by atoms with E-state index in [1.54, 1.807) is 7.11 Å². The van der Waals surface area contributed by atoms with E-state index < -0.39 is 0 Å². The maximum Gasteiger partial charge on any atom is 0.123 e. The number of aliphatic hydroxyl groups excluding tert-OH is 1. The molecule has 3 heteroatoms. The average Bonchev–Trinajstić information content (AvgIpc) is 2.45. The van der Waals surface area contributed by atoms with Crippen molar-refractivity contribution >= 4 is 5.69 Å². The van der Waals surface area contributed by atoms with Gasteiger partial charge < -0.3 is 15.2 Å². The number of para-hydroxylation sites is 1. The van der Waals surface area contributed by atoms with Gasteiger partial charge in [-0.3, -0.25) is 0 Å². The zero-order valence-corrected chi connectivity index (χ0v) is 10.4. The van der Waals surface area contributed by atoms with Crippen molar-refractivity contribution in [2.24, 2.45) is 0 Å². The molecule has 2 aromatic rings. The first-order chi connectivity index (χ1) is 8.83. The van der Waals surface area contributed by atoms with Crippen LogP contribution in [-0.4, -0.2) is 12.2 Å². The summed E-state index contributed by atoms with van der Waals surface area (Å²) in [5.74, 6) is 0.878. The van der Waals surface area contributed by atoms with Crippen molar-refractivity contribution in [3.63, 3.8) is 0 Å². The van der Waals surface area contributed by atoms with Crippen LogP contribution in [0.2, 0.25) is 0 Å². The molecule has 0 fully saturated rings. The minimum atomic E-state index is 0.0597. The van der Waals surface area contributed by atoms with Gasteiger partial charge in [0, 0.05) is 17.8 Å². The van der Waals surface area contributed by atoms with Gasteiger partial charge in [0.15, 0.2) is 0 Å². The van der Waals surface area contributed by atoms with Crippen LogP contribution in [0.3, 0.4) is 0 Å². The van der Waals surface area contributed by atoms with Crippen LogP contribution in [0.4, 0.5) is 5.69 Å². The zero-order chi connectivity index (χ0) is 12.8. The number of nitrogens with one attached hydrogen (secondary N) is 1. The monoisotopic (exact) mass is 243 g/mol. The van der Waals surface area contributed by atoms with Crippen LogP contribution in [0.15, 0.2) is 48.5 Å². The largest absolute Gasteiger partial charge is 0.496 e. The maximum absolute atomic E-state index is 9.08. The van der Waals surface area contributed by atoms with Gasteiger partial charge in [0.05, 0.1) is 13.7 Å². The van der Waals surface area contributed by atoms with E-state index in [9.17, 15) is 0 Å². The second-order valence-electron chi connectivity index (χ2n) is 4.02. The fraction of sp³-hybridized carbons (Fsp3) is 0.200. The SMILES string of the molecule is COc1ccccc1CNc1cccc(CO)c1. The van der Waals surface area contributed by atoms with Crippen LogP contribution >= 0.6 is 0 Å². The zero-order valence-electron chi connectivity index (χ0n) is 10.4. The normalized spacial score (nSPS) is 10.1. The van der Waals surface area contributed by atoms with Crippen molar-refractivity contribution in [2.75, 3.05) is 12.4 Å². The predicted octanol–water partition coefficient (Wildman–Crippen LogP) is 2.80. The van der Waals surface area contributed by atoms with Crippen LogP contribution in [0.1, 0.15) is 11.1 Å². The summed E-state index contributed by atoms with van der Waals surface area (Å²) in [6, 6.07) is 15.7. The number of ether oxygens (including phenoxy) is 1. The number of hydrogen-bond acceptors (Lipinski definition) is 3. The molecular formula is C15H17NO2. The number of benzene rings is 2. The smallest absolute Gasteiger partial charge is 0.123 e. The molecule has 0 spiro atoms. The van der Waals surface area contributed by atoms with Crippen molar-refractivity contribution in [1.82, 2.24) is 0 Å². The lowest BCUT2D eigenvalue weighted by atomic mass is 10.1. The van der Waals surface area contributed by atoms with Gasteiger partial charge in [0.25, 0.3) is 0 Å². The molecule has 2 N–H and O–H groups in total. The summed E-state index contributed by atoms with van der Waals surface area (Å²) >= 11 is 0. The van der Waals surface area contributed by atoms with Crippen LogP contribution in [0, 0.1) is 0 Å². The number of aliphatic hydroxyl groups is 1. The first-order valence-corrected chi connectivity index (χ1v) is 5.89. The molecule has 18 heavy (non-hydrogen) atoms. The molecule has 0 atom stereocenters. The highest BCUT2D eigenvalue weighted by atomic mass is 16.5. The van der Waals surface area contributed by atoms with Gasteiger partial charge in [0.1, 0.15) is 5.75 Å². The second kappa shape index (κ2) is 6.07. The Labute approximate surface area is 107 Å². The van der Waals surface area contributed by atoms with E-state index >= 15 is 0 Å². The van der Waals surface area contributed by atoms with Crippen molar-refractivity contribution < 1.29 is 9.84 Å². The van der Waals surface area contributed by atoms with Crippen LogP contribution in [0.25, 0.3) is 0 Å². The predicted molar refractivity (Wildman–Crippen MR) is 72.7 cm³/mol. The van der Waals surface area contributed by atoms with E-state index in [1.807, 2.05) is 48.5 Å². The third kappa shape index (κ3) is 3.02. The average molecular weight is 243 g/mol. The van der Waals surface area contributed by atoms with Crippen molar-refractivity contribution in [1.29, 1.82) is 0 Å². The molecule has 3 nitrogen and oxygen atoms in total. The van der Waals surface area contributed by atoms with E-state index in [4.69, 9.17) is 9.84 Å². The summed E-state index contributed by atoms with van der Waals surface area (Å²) in [5.41, 5.74) is 3.00. The fourth-order valence-electron chi connectivity index (χ4n) is 1.83. The Balaban J connectivity index is 2.06. The third-order valence-electron chi connectivity index (χ3n) is 2.79. The molecule has 0 unspecified atom stereocenters. The minimum absolute atomic E-state index is 0.0597. The quantitative estimate of drug-likeness (QED) is 0.848. The molecule has 0 aromatic heterocycles. The van der Waals surface area contributed by atoms with Gasteiger partial charge in [-0.25, -0.2) is 0 Å². The van der Waals surface area contributed by atoms with Crippen LogP contribution < -0.4 is 10.1 Å². The van der Waals surface area contributed by atoms with Crippen molar-refractivity contribution in [3.8, 4) is 5.75 Å². The van der Waals surface area contributed by atoms with Crippen LogP contribution in [-0.2, 0) is 13.2 Å². The van der Waals surface area contributed by atoms with Crippen LogP contribution in [0.5, 0.6) is 5.75 Å². The molecule has 0 aliphatic heterocycles. The topological polar surface area (TPSA) is 41.5 Å². The Morgan fingerprint density at radius 2 is 1.94 bits per heavy atom. The highest BCUT2D eigenvalue weighted by Gasteiger charge is 2.01. The van der Waals surface area contributed by atoms with Gasteiger partial charge in [-0.05, 0) is 23.8 Å². The molecule has 0 saturated heterocycles. The molecule has 0 saturated carbocycles. The summed E-state index contributed by atoms with van der Waals surface area (Å²) in [4.78, 5) is 0. The van der Waals surface area contributed by atoms with Gasteiger partial charge >= 0.3 is 0 Å². The molecule has 0 bridgehead atoms. The third-order valence-corrected chi connectivity index (χ3v) is 2.79. The summed E-state index contributed by atoms with van der Waals surface area (Å²) in [5, 5.41) is 12.4. The van der Waals surface area contributed by atoms with E-state index in [0.29, 0.717) is 6.54 Å². The molecule has 0 amide bonds. The van der Waals surface area contributed by atoms with E-state index in [1.165, 1.54) is 0 Å². The maximum atomic E-state index is 9.08. The standard InChI is InChI=1S/C15H17NO2/c1-18-15-8-3-2-6-13(15)10-16-14-7-4-5-12(9-14)11-17/h2-9,16-17H,10-11H2,1H3. The fourth-order valence-corrected chi connectivity index (χ4v) is 1.83.